The SMILES string of the molecule is CCc1occc1CNC(C)CN1CCOCC1. The Labute approximate surface area is 109 Å². The Balaban J connectivity index is 1.72. The lowest BCUT2D eigenvalue weighted by Crippen LogP contribution is -2.44. The zero-order valence-electron chi connectivity index (χ0n) is 11.4. The second-order valence-electron chi connectivity index (χ2n) is 4.92. The van der Waals surface area contributed by atoms with Crippen LogP contribution in [0.1, 0.15) is 25.2 Å². The fraction of sp³-hybridized carbons (Fsp3) is 0.714. The van der Waals surface area contributed by atoms with Gasteiger partial charge in [0.1, 0.15) is 5.76 Å². The molecule has 1 aromatic heterocycles. The highest BCUT2D eigenvalue weighted by atomic mass is 16.5. The summed E-state index contributed by atoms with van der Waals surface area (Å²) < 4.78 is 10.8. The molecule has 0 saturated carbocycles. The lowest BCUT2D eigenvalue weighted by Gasteiger charge is -2.29. The second-order valence-corrected chi connectivity index (χ2v) is 4.92. The van der Waals surface area contributed by atoms with E-state index >= 15 is 0 Å². The molecule has 0 bridgehead atoms. The van der Waals surface area contributed by atoms with Crippen molar-refractivity contribution in [2.75, 3.05) is 32.8 Å². The predicted molar refractivity (Wildman–Crippen MR) is 71.6 cm³/mol. The van der Waals surface area contributed by atoms with Crippen LogP contribution in [0.15, 0.2) is 16.7 Å². The largest absolute Gasteiger partial charge is 0.469 e. The highest BCUT2D eigenvalue weighted by molar-refractivity contribution is 5.16. The number of aryl methyl sites for hydroxylation is 1. The number of hydrogen-bond acceptors (Lipinski definition) is 4. The molecular formula is C14H24N2O2. The van der Waals surface area contributed by atoms with Crippen LogP contribution in [-0.4, -0.2) is 43.8 Å². The molecule has 0 aromatic carbocycles. The molecule has 2 rings (SSSR count). The first-order valence-corrected chi connectivity index (χ1v) is 6.88. The molecule has 1 aliphatic rings. The van der Waals surface area contributed by atoms with Gasteiger partial charge in [-0.3, -0.25) is 4.90 Å². The molecule has 0 spiro atoms. The summed E-state index contributed by atoms with van der Waals surface area (Å²) in [5.41, 5.74) is 1.28. The molecule has 0 amide bonds. The smallest absolute Gasteiger partial charge is 0.107 e. The number of ether oxygens (including phenoxy) is 1. The third kappa shape index (κ3) is 3.83. The van der Waals surface area contributed by atoms with Crippen LogP contribution in [0.25, 0.3) is 0 Å². The molecule has 102 valence electrons. The van der Waals surface area contributed by atoms with Gasteiger partial charge in [0, 0.05) is 44.2 Å². The van der Waals surface area contributed by atoms with E-state index in [0.717, 1.165) is 51.6 Å². The van der Waals surface area contributed by atoms with Gasteiger partial charge in [-0.15, -0.1) is 0 Å². The highest BCUT2D eigenvalue weighted by Crippen LogP contribution is 2.11. The van der Waals surface area contributed by atoms with Crippen molar-refractivity contribution in [2.45, 2.75) is 32.9 Å². The molecular weight excluding hydrogens is 228 g/mol. The number of morpholine rings is 1. The number of nitrogens with one attached hydrogen (secondary N) is 1. The second kappa shape index (κ2) is 6.92. The van der Waals surface area contributed by atoms with Crippen LogP contribution in [-0.2, 0) is 17.7 Å². The minimum absolute atomic E-state index is 0.489. The Kier molecular flexibility index (Phi) is 5.23. The van der Waals surface area contributed by atoms with Crippen LogP contribution in [0.2, 0.25) is 0 Å². The fourth-order valence-electron chi connectivity index (χ4n) is 2.35. The first kappa shape index (κ1) is 13.6. The average molecular weight is 252 g/mol. The van der Waals surface area contributed by atoms with Crippen LogP contribution in [0.5, 0.6) is 0 Å². The van der Waals surface area contributed by atoms with Gasteiger partial charge in [-0.05, 0) is 13.0 Å². The van der Waals surface area contributed by atoms with Crippen molar-refractivity contribution in [1.82, 2.24) is 10.2 Å². The Morgan fingerprint density at radius 1 is 1.39 bits per heavy atom. The first-order chi connectivity index (χ1) is 8.79. The highest BCUT2D eigenvalue weighted by Gasteiger charge is 2.13. The Bertz CT molecular complexity index is 345. The Morgan fingerprint density at radius 2 is 2.17 bits per heavy atom. The van der Waals surface area contributed by atoms with E-state index in [1.807, 2.05) is 0 Å². The summed E-state index contributed by atoms with van der Waals surface area (Å²) in [5.74, 6) is 1.10. The number of rotatable bonds is 6. The topological polar surface area (TPSA) is 37.6 Å². The van der Waals surface area contributed by atoms with Crippen LogP contribution < -0.4 is 5.32 Å². The number of furan rings is 1. The van der Waals surface area contributed by atoms with Crippen LogP contribution >= 0.6 is 0 Å². The molecule has 1 atom stereocenters. The lowest BCUT2D eigenvalue weighted by atomic mass is 10.2. The summed E-state index contributed by atoms with van der Waals surface area (Å²) >= 11 is 0. The molecule has 1 unspecified atom stereocenters. The lowest BCUT2D eigenvalue weighted by molar-refractivity contribution is 0.0343. The molecule has 2 heterocycles. The molecule has 4 nitrogen and oxygen atoms in total. The summed E-state index contributed by atoms with van der Waals surface area (Å²) in [7, 11) is 0. The fourth-order valence-corrected chi connectivity index (χ4v) is 2.35. The van der Waals surface area contributed by atoms with E-state index in [1.54, 1.807) is 6.26 Å². The van der Waals surface area contributed by atoms with E-state index in [0.29, 0.717) is 6.04 Å². The quantitative estimate of drug-likeness (QED) is 0.835. The predicted octanol–water partition coefficient (Wildman–Crippen LogP) is 1.65. The van der Waals surface area contributed by atoms with E-state index in [4.69, 9.17) is 9.15 Å². The van der Waals surface area contributed by atoms with E-state index in [9.17, 15) is 0 Å². The van der Waals surface area contributed by atoms with Crippen molar-refractivity contribution >= 4 is 0 Å². The van der Waals surface area contributed by atoms with Gasteiger partial charge in [0.05, 0.1) is 19.5 Å². The van der Waals surface area contributed by atoms with Crippen molar-refractivity contribution in [3.05, 3.63) is 23.7 Å². The van der Waals surface area contributed by atoms with Gasteiger partial charge >= 0.3 is 0 Å². The zero-order chi connectivity index (χ0) is 12.8. The van der Waals surface area contributed by atoms with Crippen LogP contribution in [0.4, 0.5) is 0 Å². The summed E-state index contributed by atoms with van der Waals surface area (Å²) in [5, 5.41) is 3.56. The zero-order valence-corrected chi connectivity index (χ0v) is 11.4. The van der Waals surface area contributed by atoms with E-state index in [1.165, 1.54) is 5.56 Å². The number of hydrogen-bond donors (Lipinski definition) is 1. The van der Waals surface area contributed by atoms with E-state index in [-0.39, 0.29) is 0 Å². The van der Waals surface area contributed by atoms with Gasteiger partial charge < -0.3 is 14.5 Å². The molecule has 0 aliphatic carbocycles. The summed E-state index contributed by atoms with van der Waals surface area (Å²) in [6.07, 6.45) is 2.74. The van der Waals surface area contributed by atoms with Gasteiger partial charge in [0.15, 0.2) is 0 Å². The molecule has 1 aliphatic heterocycles. The third-order valence-electron chi connectivity index (χ3n) is 3.44. The molecule has 18 heavy (non-hydrogen) atoms. The van der Waals surface area contributed by atoms with Crippen LogP contribution in [0.3, 0.4) is 0 Å². The molecule has 0 radical (unpaired) electrons. The van der Waals surface area contributed by atoms with Gasteiger partial charge in [-0.2, -0.15) is 0 Å². The van der Waals surface area contributed by atoms with Crippen molar-refractivity contribution in [3.8, 4) is 0 Å². The molecule has 1 saturated heterocycles. The summed E-state index contributed by atoms with van der Waals surface area (Å²) in [6, 6.07) is 2.55. The monoisotopic (exact) mass is 252 g/mol. The summed E-state index contributed by atoms with van der Waals surface area (Å²) in [4.78, 5) is 2.46. The van der Waals surface area contributed by atoms with E-state index in [2.05, 4.69) is 30.1 Å². The van der Waals surface area contributed by atoms with Crippen molar-refractivity contribution in [3.63, 3.8) is 0 Å². The normalized spacial score (nSPS) is 19.0. The minimum atomic E-state index is 0.489. The molecule has 4 heteroatoms. The maximum Gasteiger partial charge on any atom is 0.107 e. The Hall–Kier alpha value is -0.840. The van der Waals surface area contributed by atoms with Crippen LogP contribution in [0, 0.1) is 0 Å². The maximum atomic E-state index is 5.43. The summed E-state index contributed by atoms with van der Waals surface area (Å²) in [6.45, 7) is 10.2. The van der Waals surface area contributed by atoms with Gasteiger partial charge in [0.25, 0.3) is 0 Å². The Morgan fingerprint density at radius 3 is 2.89 bits per heavy atom. The average Bonchev–Trinajstić information content (AvgIpc) is 2.85. The first-order valence-electron chi connectivity index (χ1n) is 6.88. The maximum absolute atomic E-state index is 5.43. The van der Waals surface area contributed by atoms with Crippen molar-refractivity contribution in [1.29, 1.82) is 0 Å². The molecule has 1 aromatic rings. The number of nitrogens with zero attached hydrogens (tertiary/aromatic N) is 1. The van der Waals surface area contributed by atoms with Gasteiger partial charge in [0.2, 0.25) is 0 Å². The minimum Gasteiger partial charge on any atom is -0.469 e. The molecule has 1 N–H and O–H groups in total. The van der Waals surface area contributed by atoms with Crippen molar-refractivity contribution < 1.29 is 9.15 Å². The van der Waals surface area contributed by atoms with Crippen molar-refractivity contribution in [2.24, 2.45) is 0 Å². The van der Waals surface area contributed by atoms with Gasteiger partial charge in [-0.25, -0.2) is 0 Å². The molecule has 1 fully saturated rings. The standard InChI is InChI=1S/C14H24N2O2/c1-3-14-13(4-7-18-14)10-15-12(2)11-16-5-8-17-9-6-16/h4,7,12,15H,3,5-6,8-11H2,1-2H3. The van der Waals surface area contributed by atoms with Gasteiger partial charge in [-0.1, -0.05) is 6.92 Å². The third-order valence-corrected chi connectivity index (χ3v) is 3.44. The van der Waals surface area contributed by atoms with E-state index < -0.39 is 0 Å².